The summed E-state index contributed by atoms with van der Waals surface area (Å²) in [6.45, 7) is 2.16. The van der Waals surface area contributed by atoms with Gasteiger partial charge >= 0.3 is 0 Å². The number of amides is 1. The summed E-state index contributed by atoms with van der Waals surface area (Å²) in [6, 6.07) is 13.2. The number of carbonyl (C=O) groups is 1. The molecular formula is C24H26FN3O3. The molecule has 1 heterocycles. The maximum absolute atomic E-state index is 14.4. The monoisotopic (exact) mass is 423 g/mol. The molecule has 0 saturated heterocycles. The SMILES string of the molecule is Cc1[nH]c2ccccc2c1C1=CCC(NCc2ccc(OCC(=O)NO)cc2F)CC1. The number of hydroxylamine groups is 1. The van der Waals surface area contributed by atoms with E-state index in [1.807, 2.05) is 6.07 Å². The molecule has 7 heteroatoms. The topological polar surface area (TPSA) is 86.4 Å². The number of aromatic amines is 1. The summed E-state index contributed by atoms with van der Waals surface area (Å²) in [6.07, 6.45) is 5.16. The zero-order chi connectivity index (χ0) is 21.8. The molecule has 1 amide bonds. The number of nitrogens with one attached hydrogen (secondary N) is 3. The zero-order valence-corrected chi connectivity index (χ0v) is 17.4. The van der Waals surface area contributed by atoms with Crippen LogP contribution in [0.5, 0.6) is 5.75 Å². The van der Waals surface area contributed by atoms with E-state index in [1.165, 1.54) is 33.8 Å². The number of aryl methyl sites for hydroxylation is 1. The minimum Gasteiger partial charge on any atom is -0.484 e. The number of rotatable bonds is 7. The summed E-state index contributed by atoms with van der Waals surface area (Å²) in [7, 11) is 0. The largest absolute Gasteiger partial charge is 0.484 e. The predicted octanol–water partition coefficient (Wildman–Crippen LogP) is 4.23. The minimum atomic E-state index is -0.696. The zero-order valence-electron chi connectivity index (χ0n) is 17.4. The quantitative estimate of drug-likeness (QED) is 0.338. The van der Waals surface area contributed by atoms with Gasteiger partial charge in [0.15, 0.2) is 6.61 Å². The Morgan fingerprint density at radius 1 is 1.29 bits per heavy atom. The molecule has 162 valence electrons. The first-order valence-corrected chi connectivity index (χ1v) is 10.4. The van der Waals surface area contributed by atoms with Crippen LogP contribution < -0.4 is 15.5 Å². The summed E-state index contributed by atoms with van der Waals surface area (Å²) in [4.78, 5) is 14.5. The number of hydrogen-bond acceptors (Lipinski definition) is 4. The normalized spacial score (nSPS) is 16.2. The van der Waals surface area contributed by atoms with Crippen LogP contribution in [0.25, 0.3) is 16.5 Å². The van der Waals surface area contributed by atoms with E-state index in [2.05, 4.69) is 41.5 Å². The molecule has 4 rings (SSSR count). The van der Waals surface area contributed by atoms with Crippen molar-refractivity contribution in [2.75, 3.05) is 6.61 Å². The van der Waals surface area contributed by atoms with Crippen molar-refractivity contribution in [2.24, 2.45) is 0 Å². The van der Waals surface area contributed by atoms with Crippen molar-refractivity contribution in [3.05, 3.63) is 71.2 Å². The van der Waals surface area contributed by atoms with Crippen LogP contribution in [0.3, 0.4) is 0 Å². The van der Waals surface area contributed by atoms with Crippen molar-refractivity contribution in [3.63, 3.8) is 0 Å². The molecule has 2 aromatic carbocycles. The number of H-pyrrole nitrogens is 1. The van der Waals surface area contributed by atoms with E-state index in [1.54, 1.807) is 12.1 Å². The Morgan fingerprint density at radius 2 is 2.13 bits per heavy atom. The lowest BCUT2D eigenvalue weighted by molar-refractivity contribution is -0.131. The van der Waals surface area contributed by atoms with Gasteiger partial charge in [-0.3, -0.25) is 10.0 Å². The Hall–Kier alpha value is -3.16. The third-order valence-electron chi connectivity index (χ3n) is 5.73. The van der Waals surface area contributed by atoms with E-state index in [4.69, 9.17) is 9.94 Å². The number of hydrogen-bond donors (Lipinski definition) is 4. The number of ether oxygens (including phenoxy) is 1. The third kappa shape index (κ3) is 4.78. The van der Waals surface area contributed by atoms with Gasteiger partial charge < -0.3 is 15.0 Å². The molecule has 0 saturated carbocycles. The number of aromatic nitrogens is 1. The van der Waals surface area contributed by atoms with Crippen molar-refractivity contribution in [1.82, 2.24) is 15.8 Å². The molecule has 0 radical (unpaired) electrons. The van der Waals surface area contributed by atoms with Crippen LogP contribution in [0.4, 0.5) is 4.39 Å². The third-order valence-corrected chi connectivity index (χ3v) is 5.73. The molecule has 1 atom stereocenters. The van der Waals surface area contributed by atoms with Crippen molar-refractivity contribution in [1.29, 1.82) is 0 Å². The predicted molar refractivity (Wildman–Crippen MR) is 117 cm³/mol. The van der Waals surface area contributed by atoms with Crippen molar-refractivity contribution < 1.29 is 19.1 Å². The molecule has 1 unspecified atom stereocenters. The summed E-state index contributed by atoms with van der Waals surface area (Å²) < 4.78 is 19.5. The minimum absolute atomic E-state index is 0.240. The average molecular weight is 423 g/mol. The van der Waals surface area contributed by atoms with Crippen LogP contribution in [0, 0.1) is 12.7 Å². The lowest BCUT2D eigenvalue weighted by Crippen LogP contribution is -2.30. The molecule has 0 fully saturated rings. The first-order valence-electron chi connectivity index (χ1n) is 10.4. The smallest absolute Gasteiger partial charge is 0.281 e. The lowest BCUT2D eigenvalue weighted by Gasteiger charge is -2.24. The van der Waals surface area contributed by atoms with Crippen LogP contribution in [0.1, 0.15) is 36.1 Å². The molecule has 4 N–H and O–H groups in total. The van der Waals surface area contributed by atoms with Crippen molar-refractivity contribution in [2.45, 2.75) is 38.8 Å². The van der Waals surface area contributed by atoms with Gasteiger partial charge in [-0.25, -0.2) is 9.87 Å². The summed E-state index contributed by atoms with van der Waals surface area (Å²) >= 11 is 0. The van der Waals surface area contributed by atoms with Gasteiger partial charge in [-0.15, -0.1) is 0 Å². The van der Waals surface area contributed by atoms with Crippen LogP contribution in [-0.4, -0.2) is 28.7 Å². The fourth-order valence-corrected chi connectivity index (χ4v) is 4.13. The number of fused-ring (bicyclic) bond motifs is 1. The number of benzene rings is 2. The molecule has 6 nitrogen and oxygen atoms in total. The Kier molecular flexibility index (Phi) is 6.34. The molecule has 1 aliphatic carbocycles. The van der Waals surface area contributed by atoms with Gasteiger partial charge in [0.2, 0.25) is 0 Å². The Bertz CT molecular complexity index is 1120. The van der Waals surface area contributed by atoms with Crippen molar-refractivity contribution >= 4 is 22.4 Å². The highest BCUT2D eigenvalue weighted by Crippen LogP contribution is 2.34. The molecule has 0 spiro atoms. The lowest BCUT2D eigenvalue weighted by atomic mass is 9.89. The fraction of sp³-hybridized carbons (Fsp3) is 0.292. The molecular weight excluding hydrogens is 397 g/mol. The Balaban J connectivity index is 1.35. The second-order valence-electron chi connectivity index (χ2n) is 7.83. The van der Waals surface area contributed by atoms with Crippen LogP contribution in [0.2, 0.25) is 0 Å². The standard InChI is InChI=1S/C24H26FN3O3/c1-15-24(20-4-2-3-5-22(20)27-15)16-6-9-18(10-7-16)26-13-17-8-11-19(12-21(17)25)31-14-23(29)28-30/h2-6,8,11-12,18,26-27,30H,7,9-10,13-14H2,1H3,(H,28,29). The second-order valence-corrected chi connectivity index (χ2v) is 7.83. The maximum atomic E-state index is 14.4. The summed E-state index contributed by atoms with van der Waals surface area (Å²) in [5.74, 6) is -0.848. The first-order chi connectivity index (χ1) is 15.0. The van der Waals surface area contributed by atoms with Crippen LogP contribution in [-0.2, 0) is 11.3 Å². The van der Waals surface area contributed by atoms with Gasteiger partial charge in [0, 0.05) is 46.4 Å². The van der Waals surface area contributed by atoms with Gasteiger partial charge in [0.1, 0.15) is 11.6 Å². The highest BCUT2D eigenvalue weighted by atomic mass is 19.1. The molecule has 31 heavy (non-hydrogen) atoms. The van der Waals surface area contributed by atoms with E-state index in [9.17, 15) is 9.18 Å². The van der Waals surface area contributed by atoms with Gasteiger partial charge in [-0.05, 0) is 43.9 Å². The number of carbonyl (C=O) groups excluding carboxylic acids is 1. The van der Waals surface area contributed by atoms with Gasteiger partial charge in [-0.1, -0.05) is 30.3 Å². The molecule has 1 aromatic heterocycles. The Labute approximate surface area is 180 Å². The average Bonchev–Trinajstić information content (AvgIpc) is 3.12. The number of para-hydroxylation sites is 1. The van der Waals surface area contributed by atoms with Gasteiger partial charge in [-0.2, -0.15) is 0 Å². The fourth-order valence-electron chi connectivity index (χ4n) is 4.13. The van der Waals surface area contributed by atoms with E-state index in [0.29, 0.717) is 12.1 Å². The highest BCUT2D eigenvalue weighted by molar-refractivity contribution is 5.94. The van der Waals surface area contributed by atoms with Crippen LogP contribution in [0.15, 0.2) is 48.5 Å². The van der Waals surface area contributed by atoms with E-state index >= 15 is 0 Å². The molecule has 3 aromatic rings. The second kappa shape index (κ2) is 9.32. The number of halogens is 1. The molecule has 0 bridgehead atoms. The van der Waals surface area contributed by atoms with Gasteiger partial charge in [0.05, 0.1) is 0 Å². The first kappa shape index (κ1) is 21.1. The maximum Gasteiger partial charge on any atom is 0.281 e. The molecule has 0 aliphatic heterocycles. The summed E-state index contributed by atoms with van der Waals surface area (Å²) in [5, 5.41) is 13.2. The molecule has 1 aliphatic rings. The summed E-state index contributed by atoms with van der Waals surface area (Å²) in [5.41, 5.74) is 7.05. The van der Waals surface area contributed by atoms with E-state index in [-0.39, 0.29) is 18.4 Å². The van der Waals surface area contributed by atoms with Crippen LogP contribution >= 0.6 is 0 Å². The van der Waals surface area contributed by atoms with Crippen molar-refractivity contribution in [3.8, 4) is 5.75 Å². The Morgan fingerprint density at radius 3 is 2.87 bits per heavy atom. The van der Waals surface area contributed by atoms with E-state index < -0.39 is 11.7 Å². The highest BCUT2D eigenvalue weighted by Gasteiger charge is 2.19. The number of allylic oxidation sites excluding steroid dienone is 1. The van der Waals surface area contributed by atoms with Gasteiger partial charge in [0.25, 0.3) is 5.91 Å². The van der Waals surface area contributed by atoms with E-state index in [0.717, 1.165) is 24.8 Å².